The Bertz CT molecular complexity index is 656. The molecule has 5 heteroatoms. The third kappa shape index (κ3) is 2.71. The lowest BCUT2D eigenvalue weighted by molar-refractivity contribution is 0.102. The quantitative estimate of drug-likeness (QED) is 0.905. The van der Waals surface area contributed by atoms with Crippen LogP contribution in [0.1, 0.15) is 15.9 Å². The van der Waals surface area contributed by atoms with Gasteiger partial charge < -0.3 is 15.2 Å². The number of ether oxygens (including phenoxy) is 1. The zero-order valence-electron chi connectivity index (χ0n) is 11.1. The fourth-order valence-electron chi connectivity index (χ4n) is 1.79. The molecule has 2 aromatic rings. The zero-order valence-corrected chi connectivity index (χ0v) is 11.1. The first kappa shape index (κ1) is 13.9. The van der Waals surface area contributed by atoms with Crippen LogP contribution in [-0.4, -0.2) is 18.1 Å². The maximum Gasteiger partial charge on any atom is 0.259 e. The third-order valence-electron chi connectivity index (χ3n) is 2.91. The summed E-state index contributed by atoms with van der Waals surface area (Å²) >= 11 is 0. The van der Waals surface area contributed by atoms with Gasteiger partial charge >= 0.3 is 0 Å². The minimum atomic E-state index is -0.532. The van der Waals surface area contributed by atoms with Gasteiger partial charge in [-0.25, -0.2) is 4.39 Å². The molecule has 0 saturated heterocycles. The molecule has 0 unspecified atom stereocenters. The van der Waals surface area contributed by atoms with E-state index < -0.39 is 11.7 Å². The van der Waals surface area contributed by atoms with E-state index in [1.807, 2.05) is 0 Å². The number of benzene rings is 2. The highest BCUT2D eigenvalue weighted by Gasteiger charge is 2.15. The predicted molar refractivity (Wildman–Crippen MR) is 73.7 cm³/mol. The maximum absolute atomic E-state index is 13.2. The van der Waals surface area contributed by atoms with E-state index in [0.29, 0.717) is 5.69 Å². The Labute approximate surface area is 115 Å². The Morgan fingerprint density at radius 2 is 2.05 bits per heavy atom. The van der Waals surface area contributed by atoms with Gasteiger partial charge in [0.25, 0.3) is 5.91 Å². The number of methoxy groups -OCH3 is 1. The number of nitrogens with one attached hydrogen (secondary N) is 1. The lowest BCUT2D eigenvalue weighted by Gasteiger charge is -2.11. The molecule has 2 aromatic carbocycles. The molecule has 104 valence electrons. The first-order chi connectivity index (χ1) is 9.52. The topological polar surface area (TPSA) is 58.6 Å². The standard InChI is InChI=1S/C15H14FNO3/c1-9-6-7-10(16)8-12(9)17-15(19)11-4-3-5-13(20-2)14(11)18/h3-8,18H,1-2H3,(H,17,19). The second-order valence-electron chi connectivity index (χ2n) is 4.27. The van der Waals surface area contributed by atoms with Crippen LogP contribution in [0.5, 0.6) is 11.5 Å². The fourth-order valence-corrected chi connectivity index (χ4v) is 1.79. The lowest BCUT2D eigenvalue weighted by atomic mass is 10.1. The fraction of sp³-hybridized carbons (Fsp3) is 0.133. The molecule has 0 radical (unpaired) electrons. The summed E-state index contributed by atoms with van der Waals surface area (Å²) in [6.07, 6.45) is 0. The van der Waals surface area contributed by atoms with Gasteiger partial charge in [-0.15, -0.1) is 0 Å². The van der Waals surface area contributed by atoms with Crippen LogP contribution < -0.4 is 10.1 Å². The predicted octanol–water partition coefficient (Wildman–Crippen LogP) is 3.10. The number of amides is 1. The van der Waals surface area contributed by atoms with Gasteiger partial charge in [-0.1, -0.05) is 12.1 Å². The molecule has 20 heavy (non-hydrogen) atoms. The van der Waals surface area contributed by atoms with Crippen LogP contribution in [0.25, 0.3) is 0 Å². The molecule has 0 bridgehead atoms. The van der Waals surface area contributed by atoms with Gasteiger partial charge in [0.1, 0.15) is 5.82 Å². The van der Waals surface area contributed by atoms with E-state index in [-0.39, 0.29) is 17.1 Å². The van der Waals surface area contributed by atoms with Crippen molar-refractivity contribution in [3.63, 3.8) is 0 Å². The molecule has 0 fully saturated rings. The SMILES string of the molecule is COc1cccc(C(=O)Nc2cc(F)ccc2C)c1O. The summed E-state index contributed by atoms with van der Waals surface area (Å²) in [7, 11) is 1.40. The molecule has 4 nitrogen and oxygen atoms in total. The molecule has 1 amide bonds. The summed E-state index contributed by atoms with van der Waals surface area (Å²) in [5.41, 5.74) is 1.15. The van der Waals surface area contributed by atoms with Crippen molar-refractivity contribution in [1.29, 1.82) is 0 Å². The van der Waals surface area contributed by atoms with Gasteiger partial charge in [-0.05, 0) is 36.8 Å². The minimum absolute atomic E-state index is 0.0630. The summed E-state index contributed by atoms with van der Waals surface area (Å²) in [6.45, 7) is 1.75. The number of carbonyl (C=O) groups is 1. The second kappa shape index (κ2) is 5.61. The highest BCUT2D eigenvalue weighted by atomic mass is 19.1. The van der Waals surface area contributed by atoms with E-state index in [1.165, 1.54) is 25.3 Å². The van der Waals surface area contributed by atoms with Crippen LogP contribution in [0.2, 0.25) is 0 Å². The highest BCUT2D eigenvalue weighted by molar-refractivity contribution is 6.06. The number of anilines is 1. The number of phenolic OH excluding ortho intramolecular Hbond substituents is 1. The van der Waals surface area contributed by atoms with Gasteiger partial charge in [-0.3, -0.25) is 4.79 Å². The summed E-state index contributed by atoms with van der Waals surface area (Å²) < 4.78 is 18.1. The monoisotopic (exact) mass is 275 g/mol. The Hall–Kier alpha value is -2.56. The molecule has 2 rings (SSSR count). The van der Waals surface area contributed by atoms with Crippen molar-refractivity contribution in [2.45, 2.75) is 6.92 Å². The Kier molecular flexibility index (Phi) is 3.89. The maximum atomic E-state index is 13.2. The van der Waals surface area contributed by atoms with Crippen molar-refractivity contribution >= 4 is 11.6 Å². The lowest BCUT2D eigenvalue weighted by Crippen LogP contribution is -2.13. The zero-order chi connectivity index (χ0) is 14.7. The van der Waals surface area contributed by atoms with E-state index in [9.17, 15) is 14.3 Å². The van der Waals surface area contributed by atoms with Crippen molar-refractivity contribution < 1.29 is 19.0 Å². The molecule has 0 heterocycles. The number of phenols is 1. The third-order valence-corrected chi connectivity index (χ3v) is 2.91. The van der Waals surface area contributed by atoms with Crippen LogP contribution in [-0.2, 0) is 0 Å². The van der Waals surface area contributed by atoms with Gasteiger partial charge in [0, 0.05) is 5.69 Å². The summed E-state index contributed by atoms with van der Waals surface area (Å²) in [5.74, 6) is -1.02. The molecule has 0 aliphatic heterocycles. The van der Waals surface area contributed by atoms with Gasteiger partial charge in [-0.2, -0.15) is 0 Å². The van der Waals surface area contributed by atoms with Crippen molar-refractivity contribution in [3.05, 3.63) is 53.3 Å². The largest absolute Gasteiger partial charge is 0.504 e. The van der Waals surface area contributed by atoms with Gasteiger partial charge in [0.05, 0.1) is 12.7 Å². The number of carbonyl (C=O) groups excluding carboxylic acids is 1. The molecule has 0 aliphatic rings. The smallest absolute Gasteiger partial charge is 0.259 e. The number of hydrogen-bond acceptors (Lipinski definition) is 3. The van der Waals surface area contributed by atoms with E-state index in [4.69, 9.17) is 4.74 Å². The first-order valence-electron chi connectivity index (χ1n) is 5.96. The number of halogens is 1. The Morgan fingerprint density at radius 3 is 2.75 bits per heavy atom. The van der Waals surface area contributed by atoms with E-state index in [2.05, 4.69) is 5.32 Å². The average Bonchev–Trinajstić information content (AvgIpc) is 2.43. The van der Waals surface area contributed by atoms with E-state index >= 15 is 0 Å². The molecule has 2 N–H and O–H groups in total. The molecular weight excluding hydrogens is 261 g/mol. The number of rotatable bonds is 3. The summed E-state index contributed by atoms with van der Waals surface area (Å²) in [6, 6.07) is 8.70. The van der Waals surface area contributed by atoms with E-state index in [1.54, 1.807) is 25.1 Å². The van der Waals surface area contributed by atoms with Crippen LogP contribution in [0, 0.1) is 12.7 Å². The average molecular weight is 275 g/mol. The highest BCUT2D eigenvalue weighted by Crippen LogP contribution is 2.30. The second-order valence-corrected chi connectivity index (χ2v) is 4.27. The van der Waals surface area contributed by atoms with Gasteiger partial charge in [0.15, 0.2) is 11.5 Å². The van der Waals surface area contributed by atoms with Crippen molar-refractivity contribution in [3.8, 4) is 11.5 Å². The van der Waals surface area contributed by atoms with Crippen molar-refractivity contribution in [2.24, 2.45) is 0 Å². The Morgan fingerprint density at radius 1 is 1.30 bits per heavy atom. The van der Waals surface area contributed by atoms with E-state index in [0.717, 1.165) is 5.56 Å². The van der Waals surface area contributed by atoms with Crippen molar-refractivity contribution in [2.75, 3.05) is 12.4 Å². The Balaban J connectivity index is 2.31. The van der Waals surface area contributed by atoms with Crippen LogP contribution in [0.3, 0.4) is 0 Å². The molecule has 0 saturated carbocycles. The number of aryl methyl sites for hydroxylation is 1. The van der Waals surface area contributed by atoms with Crippen LogP contribution in [0.4, 0.5) is 10.1 Å². The van der Waals surface area contributed by atoms with Crippen LogP contribution >= 0.6 is 0 Å². The summed E-state index contributed by atoms with van der Waals surface area (Å²) in [4.78, 5) is 12.1. The number of aromatic hydroxyl groups is 1. The molecule has 0 aliphatic carbocycles. The minimum Gasteiger partial charge on any atom is -0.504 e. The molecular formula is C15H14FNO3. The van der Waals surface area contributed by atoms with Gasteiger partial charge in [0.2, 0.25) is 0 Å². The first-order valence-corrected chi connectivity index (χ1v) is 5.96. The normalized spacial score (nSPS) is 10.2. The molecule has 0 atom stereocenters. The van der Waals surface area contributed by atoms with Crippen molar-refractivity contribution in [1.82, 2.24) is 0 Å². The molecule has 0 aromatic heterocycles. The molecule has 0 spiro atoms. The number of hydrogen-bond donors (Lipinski definition) is 2. The summed E-state index contributed by atoms with van der Waals surface area (Å²) in [5, 5.41) is 12.5. The van der Waals surface area contributed by atoms with Crippen LogP contribution in [0.15, 0.2) is 36.4 Å². The number of para-hydroxylation sites is 1.